The largest absolute Gasteiger partial charge is 0.453 e. The van der Waals surface area contributed by atoms with E-state index in [1.54, 1.807) is 13.0 Å². The molecule has 5 aliphatic heterocycles. The number of ether oxygens (including phenoxy) is 10. The third-order valence-electron chi connectivity index (χ3n) is 20.9. The fourth-order valence-electron chi connectivity index (χ4n) is 16.4. The van der Waals surface area contributed by atoms with Gasteiger partial charge in [0.2, 0.25) is 0 Å². The number of hydrogen-bond donors (Lipinski definition) is 13. The molecular weight excluding hydrogens is 1110 g/mol. The first kappa shape index (κ1) is 64.7. The number of fused-ring (bicyclic) bond motifs is 4. The van der Waals surface area contributed by atoms with Crippen LogP contribution in [-0.4, -0.2) is 253 Å². The number of aliphatic hydroxyl groups is 12. The van der Waals surface area contributed by atoms with Crippen molar-refractivity contribution in [3.8, 4) is 0 Å². The van der Waals surface area contributed by atoms with Gasteiger partial charge in [-0.2, -0.15) is 8.42 Å². The summed E-state index contributed by atoms with van der Waals surface area (Å²) in [6.07, 6.45) is -30.6. The summed E-state index contributed by atoms with van der Waals surface area (Å²) in [6.45, 7) is 12.8. The summed E-state index contributed by atoms with van der Waals surface area (Å²) in [5, 5.41) is 136. The zero-order valence-electron chi connectivity index (χ0n) is 47.7. The lowest BCUT2D eigenvalue weighted by molar-refractivity contribution is -0.389. The monoisotopic (exact) mass is 1200 g/mol. The molecule has 5 heterocycles. The number of esters is 1. The van der Waals surface area contributed by atoms with Crippen molar-refractivity contribution in [3.63, 3.8) is 0 Å². The first-order chi connectivity index (χ1) is 38.2. The summed E-state index contributed by atoms with van der Waals surface area (Å²) >= 11 is 0. The highest BCUT2D eigenvalue weighted by atomic mass is 32.3. The highest BCUT2D eigenvalue weighted by molar-refractivity contribution is 7.80. The Kier molecular flexibility index (Phi) is 18.4. The predicted octanol–water partition coefficient (Wildman–Crippen LogP) is -2.42. The fourth-order valence-corrected chi connectivity index (χ4v) is 16.9. The Morgan fingerprint density at radius 1 is 0.695 bits per heavy atom. The first-order valence-corrected chi connectivity index (χ1v) is 30.0. The molecule has 0 aromatic heterocycles. The van der Waals surface area contributed by atoms with Crippen LogP contribution in [0.5, 0.6) is 0 Å². The zero-order chi connectivity index (χ0) is 60.4. The summed E-state index contributed by atoms with van der Waals surface area (Å²) in [6, 6.07) is 0. The average Bonchev–Trinajstić information content (AvgIpc) is 1.49. The Labute approximate surface area is 476 Å². The summed E-state index contributed by atoms with van der Waals surface area (Å²) in [7, 11) is -4.02. The smallest absolute Gasteiger partial charge is 0.397 e. The third kappa shape index (κ3) is 10.3. The van der Waals surface area contributed by atoms with E-state index in [0.29, 0.717) is 38.5 Å². The highest BCUT2D eigenvalue weighted by Crippen LogP contribution is 2.77. The van der Waals surface area contributed by atoms with Gasteiger partial charge in [0.25, 0.3) is 0 Å². The lowest BCUT2D eigenvalue weighted by Gasteiger charge is -2.64. The molecule has 0 amide bonds. The molecule has 9 rings (SSSR count). The molecule has 13 N–H and O–H groups in total. The molecule has 2 unspecified atom stereocenters. The number of aliphatic hydroxyl groups excluding tert-OH is 11. The Hall–Kier alpha value is -1.76. The van der Waals surface area contributed by atoms with Crippen LogP contribution in [0.25, 0.3) is 0 Å². The van der Waals surface area contributed by atoms with E-state index in [4.69, 9.17) is 51.6 Å². The van der Waals surface area contributed by atoms with E-state index < -0.39 is 204 Å². The van der Waals surface area contributed by atoms with Crippen LogP contribution in [0.1, 0.15) is 107 Å². The molecular formula is C54H88O27S. The Morgan fingerprint density at radius 2 is 1.28 bits per heavy atom. The fraction of sp³-hybridized carbons (Fsp3) is 0.944. The summed E-state index contributed by atoms with van der Waals surface area (Å²) in [5.41, 5.74) is -6.66. The molecule has 8 fully saturated rings. The third-order valence-corrected chi connectivity index (χ3v) is 21.4. The van der Waals surface area contributed by atoms with Crippen LogP contribution in [-0.2, 0) is 66.7 Å². The molecule has 0 bridgehead atoms. The molecule has 82 heavy (non-hydrogen) atoms. The second kappa shape index (κ2) is 23.3. The summed E-state index contributed by atoms with van der Waals surface area (Å²) < 4.78 is 97.7. The van der Waals surface area contributed by atoms with Gasteiger partial charge in [-0.3, -0.25) is 9.35 Å². The minimum Gasteiger partial charge on any atom is -0.453 e. The number of cyclic esters (lactones) is 1. The number of hydrogen-bond acceptors (Lipinski definition) is 26. The second-order valence-electron chi connectivity index (χ2n) is 26.1. The van der Waals surface area contributed by atoms with Gasteiger partial charge in [0.05, 0.1) is 44.2 Å². The van der Waals surface area contributed by atoms with Crippen LogP contribution in [0, 0.1) is 39.4 Å². The minimum atomic E-state index is -5.20. The molecule has 0 aromatic rings. The van der Waals surface area contributed by atoms with Crippen LogP contribution in [0.4, 0.5) is 0 Å². The zero-order valence-corrected chi connectivity index (χ0v) is 48.5. The van der Waals surface area contributed by atoms with Gasteiger partial charge in [0, 0.05) is 7.11 Å². The van der Waals surface area contributed by atoms with Crippen LogP contribution < -0.4 is 0 Å². The normalized spacial score (nSPS) is 51.6. The molecule has 27 nitrogen and oxygen atoms in total. The molecule has 472 valence electrons. The lowest BCUT2D eigenvalue weighted by atomic mass is 9.40. The van der Waals surface area contributed by atoms with Crippen molar-refractivity contribution in [1.29, 1.82) is 0 Å². The standard InChI is InChI=1S/C54H88O27S/c1-22(2)10-13-30(57)52(8)53(67)17-16-51(7)24-11-12-29-49(4,5)32(14-15-50(29,6)25(24)18-31(58)54(51,53)48(66)80-52)76-47-43(35(61)28(21-72-47)81-82(68,69)70)79-44-37(63)36(62)40(23(3)73-44)77-46-39(65)42(34(60)27(20-56)75-46)78-45-38(64)41(71-9)33(59)26(19-55)74-45/h18,22-24,26-47,55-65,67H,10-17,19-21H2,1-9H3,(H,68,69,70)/t23-,24-,26-,27-,28-,29?,30?,31+,32+,33-,34-,35+,36-,37-,38-,39-,40-,41+,42+,43-,44+,45+,46+,47+,50-,51+,52+,53+,54-/m1/s1. The van der Waals surface area contributed by atoms with Crippen LogP contribution in [0.15, 0.2) is 11.6 Å². The van der Waals surface area contributed by atoms with Crippen molar-refractivity contribution < 1.29 is 131 Å². The van der Waals surface area contributed by atoms with E-state index in [1.165, 1.54) is 14.0 Å². The maximum Gasteiger partial charge on any atom is 0.397 e. The van der Waals surface area contributed by atoms with Crippen molar-refractivity contribution in [1.82, 2.24) is 0 Å². The van der Waals surface area contributed by atoms with Gasteiger partial charge < -0.3 is 109 Å². The van der Waals surface area contributed by atoms with Gasteiger partial charge in [-0.05, 0) is 99.2 Å². The molecule has 29 atom stereocenters. The van der Waals surface area contributed by atoms with Crippen molar-refractivity contribution in [3.05, 3.63) is 11.6 Å². The number of allylic oxidation sites excluding steroid dienone is 1. The molecule has 0 aromatic carbocycles. The number of methoxy groups -OCH3 is 1. The Balaban J connectivity index is 0.915. The Morgan fingerprint density at radius 3 is 1.88 bits per heavy atom. The van der Waals surface area contributed by atoms with Crippen LogP contribution >= 0.6 is 0 Å². The number of rotatable bonds is 17. The average molecular weight is 1200 g/mol. The molecule has 28 heteroatoms. The second-order valence-corrected chi connectivity index (χ2v) is 27.1. The highest BCUT2D eigenvalue weighted by Gasteiger charge is 2.86. The van der Waals surface area contributed by atoms with Crippen LogP contribution in [0.3, 0.4) is 0 Å². The van der Waals surface area contributed by atoms with Crippen molar-refractivity contribution in [2.45, 2.75) is 253 Å². The van der Waals surface area contributed by atoms with Gasteiger partial charge in [-0.25, -0.2) is 4.18 Å². The number of carbonyl (C=O) groups excluding carboxylic acids is 1. The molecule has 0 radical (unpaired) electrons. The van der Waals surface area contributed by atoms with E-state index in [0.717, 1.165) is 5.57 Å². The molecule has 1 spiro atoms. The maximum absolute atomic E-state index is 14.5. The van der Waals surface area contributed by atoms with Gasteiger partial charge >= 0.3 is 16.4 Å². The van der Waals surface area contributed by atoms with Gasteiger partial charge in [-0.15, -0.1) is 0 Å². The first-order valence-electron chi connectivity index (χ1n) is 28.6. The molecule has 3 saturated carbocycles. The quantitative estimate of drug-likeness (QED) is 0.0312. The van der Waals surface area contributed by atoms with Crippen molar-refractivity contribution in [2.24, 2.45) is 39.4 Å². The van der Waals surface area contributed by atoms with E-state index in [1.807, 2.05) is 34.6 Å². The lowest BCUT2D eigenvalue weighted by Crippen LogP contribution is -2.69. The molecule has 4 aliphatic carbocycles. The topological polar surface area (TPSA) is 416 Å². The molecule has 5 saturated heterocycles. The van der Waals surface area contributed by atoms with Crippen molar-refractivity contribution in [2.75, 3.05) is 26.9 Å². The Bertz CT molecular complexity index is 2420. The van der Waals surface area contributed by atoms with E-state index in [-0.39, 0.29) is 30.6 Å². The minimum absolute atomic E-state index is 0.123. The van der Waals surface area contributed by atoms with E-state index in [9.17, 15) is 79.0 Å². The van der Waals surface area contributed by atoms with E-state index >= 15 is 0 Å². The molecule has 9 aliphatic rings. The van der Waals surface area contributed by atoms with Crippen LogP contribution in [0.2, 0.25) is 0 Å². The maximum atomic E-state index is 14.5. The summed E-state index contributed by atoms with van der Waals surface area (Å²) in [4.78, 5) is 14.5. The van der Waals surface area contributed by atoms with Crippen molar-refractivity contribution >= 4 is 16.4 Å². The number of carbonyl (C=O) groups is 1. The predicted molar refractivity (Wildman–Crippen MR) is 275 cm³/mol. The van der Waals surface area contributed by atoms with E-state index in [2.05, 4.69) is 6.92 Å². The summed E-state index contributed by atoms with van der Waals surface area (Å²) in [5.74, 6) is -0.905. The van der Waals surface area contributed by atoms with Gasteiger partial charge in [-0.1, -0.05) is 53.2 Å². The van der Waals surface area contributed by atoms with Gasteiger partial charge in [0.15, 0.2) is 30.8 Å². The SMILES string of the molecule is CO[C@@H]1[C@@H](O)[C@H](O[C@@H]2[C@@H](O)[C@H](O[C@H]3[C@H](O)[C@@H](O)[C@H](O[C@H]4[C@H](O[C@H]5CC[C@]6(C)C7=C[C@H](O)[C@]89C(=O)O[C@@](C)(C(O)CCC(C)C)[C@@]8(O)CC[C@@]9(C)[C@@H]7CCC6C5(C)C)OC[C@@H](OS(=O)(=O)O)[C@@H]4O)O[C@@H]3C)O[C@H](CO)[C@H]2O)O[C@H](CO)[C@H]1O. The van der Waals surface area contributed by atoms with Gasteiger partial charge in [0.1, 0.15) is 96.5 Å².